The van der Waals surface area contributed by atoms with Crippen molar-refractivity contribution in [1.29, 1.82) is 0 Å². The van der Waals surface area contributed by atoms with Crippen LogP contribution in [0.4, 0.5) is 4.79 Å². The van der Waals surface area contributed by atoms with E-state index in [-0.39, 0.29) is 18.9 Å². The summed E-state index contributed by atoms with van der Waals surface area (Å²) in [5.74, 6) is 0. The van der Waals surface area contributed by atoms with E-state index in [0.717, 1.165) is 0 Å². The minimum atomic E-state index is -4.94. The van der Waals surface area contributed by atoms with Gasteiger partial charge in [-0.05, 0) is 6.92 Å². The van der Waals surface area contributed by atoms with E-state index >= 15 is 0 Å². The van der Waals surface area contributed by atoms with Gasteiger partial charge in [0.05, 0.1) is 0 Å². The van der Waals surface area contributed by atoms with Crippen molar-refractivity contribution >= 4 is 6.16 Å². The van der Waals surface area contributed by atoms with Crippen molar-refractivity contribution in [3.05, 3.63) is 12.7 Å². The van der Waals surface area contributed by atoms with Gasteiger partial charge in [-0.15, -0.1) is 16.8 Å². The first-order valence-electron chi connectivity index (χ1n) is 2.25. The molecule has 0 spiro atoms. The number of carbonyl (C=O) groups is 1. The van der Waals surface area contributed by atoms with Gasteiger partial charge < -0.3 is 10.2 Å². The van der Waals surface area contributed by atoms with Crippen LogP contribution in [0.25, 0.3) is 0 Å². The average Bonchev–Trinajstić information content (AvgIpc) is 1.56. The van der Waals surface area contributed by atoms with Crippen LogP contribution in [0.1, 0.15) is 6.92 Å². The third-order valence-electron chi connectivity index (χ3n) is 0. The van der Waals surface area contributed by atoms with Gasteiger partial charge in [-0.1, -0.05) is 6.08 Å². The van der Waals surface area contributed by atoms with Crippen molar-refractivity contribution in [2.75, 3.05) is 0 Å². The van der Waals surface area contributed by atoms with Crippen LogP contribution < -0.4 is 37.5 Å². The molecule has 0 aliphatic rings. The number of rotatable bonds is 0. The first kappa shape index (κ1) is 23.0. The van der Waals surface area contributed by atoms with E-state index in [9.17, 15) is 0 Å². The van der Waals surface area contributed by atoms with Crippen molar-refractivity contribution in [2.45, 2.75) is 6.92 Å². The maximum Gasteiger partial charge on any atom is 1.00 e. The molecule has 0 aromatic carbocycles. The quantitative estimate of drug-likeness (QED) is 0.298. The molecule has 0 atom stereocenters. The molecule has 0 heterocycles. The first-order chi connectivity index (χ1) is 5.15. The molecule has 0 bridgehead atoms. The Morgan fingerprint density at radius 1 is 1.31 bits per heavy atom. The van der Waals surface area contributed by atoms with Crippen molar-refractivity contribution in [2.24, 2.45) is 0 Å². The Morgan fingerprint density at radius 2 is 1.31 bits per heavy atom. The Morgan fingerprint density at radius 3 is 1.31 bits per heavy atom. The molecular formula is C4H8ClLiO7. The number of hydrogen-bond acceptors (Lipinski definition) is 5. The van der Waals surface area contributed by atoms with Crippen LogP contribution in [-0.4, -0.2) is 16.4 Å². The third kappa shape index (κ3) is 16100. The molecule has 0 aliphatic heterocycles. The standard InChI is InChI=1S/C3H6.CH2O3.ClHO4.Li/c1-3-2;2-1(3)4;2-1(3,4)5;/h3H,1H2,2H3;(H2,2,3,4);(H,2,3,4,5);/q;;;+1/p-1. The first-order valence-corrected chi connectivity index (χ1v) is 3.49. The largest absolute Gasteiger partial charge is 1.00 e. The summed E-state index contributed by atoms with van der Waals surface area (Å²) in [6.07, 6.45) is -0.0833. The molecule has 0 amide bonds. The SMILES string of the molecule is C=CC.O=C(O)O.[Li+].[O-][Cl+3]([O-])([O-])[O-]. The van der Waals surface area contributed by atoms with Crippen molar-refractivity contribution in [3.8, 4) is 0 Å². The fourth-order valence-electron chi connectivity index (χ4n) is 0. The molecule has 0 aliphatic carbocycles. The number of hydrogen-bond donors (Lipinski definition) is 2. The molecule has 2 N–H and O–H groups in total. The van der Waals surface area contributed by atoms with Crippen LogP contribution in [0, 0.1) is 10.2 Å². The van der Waals surface area contributed by atoms with Crippen LogP contribution in [0.2, 0.25) is 0 Å². The van der Waals surface area contributed by atoms with Gasteiger partial charge in [-0.3, -0.25) is 0 Å². The molecule has 0 aromatic heterocycles. The van der Waals surface area contributed by atoms with Crippen molar-refractivity contribution in [3.63, 3.8) is 0 Å². The van der Waals surface area contributed by atoms with E-state index in [0.29, 0.717) is 0 Å². The monoisotopic (exact) mass is 210 g/mol. The summed E-state index contributed by atoms with van der Waals surface area (Å²) in [4.78, 5) is 8.56. The topological polar surface area (TPSA) is 150 Å². The summed E-state index contributed by atoms with van der Waals surface area (Å²) in [7, 11) is -4.94. The van der Waals surface area contributed by atoms with E-state index in [1.54, 1.807) is 6.08 Å². The van der Waals surface area contributed by atoms with Gasteiger partial charge in [0.1, 0.15) is 0 Å². The van der Waals surface area contributed by atoms with Crippen LogP contribution in [-0.2, 0) is 0 Å². The summed E-state index contributed by atoms with van der Waals surface area (Å²) < 4.78 is 34.0. The Hall–Kier alpha value is -0.263. The summed E-state index contributed by atoms with van der Waals surface area (Å²) in [6, 6.07) is 0. The van der Waals surface area contributed by atoms with Gasteiger partial charge in [-0.25, -0.2) is 23.4 Å². The summed E-state index contributed by atoms with van der Waals surface area (Å²) in [5, 5.41) is 13.9. The minimum Gasteiger partial charge on any atom is -0.450 e. The average molecular weight is 210 g/mol. The fourth-order valence-corrected chi connectivity index (χ4v) is 0. The van der Waals surface area contributed by atoms with E-state index < -0.39 is 16.4 Å². The molecule has 13 heavy (non-hydrogen) atoms. The van der Waals surface area contributed by atoms with Gasteiger partial charge in [-0.2, -0.15) is 0 Å². The Labute approximate surface area is 88.8 Å². The molecule has 0 radical (unpaired) electrons. The zero-order chi connectivity index (χ0) is 10.8. The van der Waals surface area contributed by atoms with Crippen LogP contribution in [0.5, 0.6) is 0 Å². The van der Waals surface area contributed by atoms with Gasteiger partial charge in [0, 0.05) is 0 Å². The van der Waals surface area contributed by atoms with E-state index in [1.165, 1.54) is 0 Å². The van der Waals surface area contributed by atoms with Gasteiger partial charge in [0.15, 0.2) is 0 Å². The van der Waals surface area contributed by atoms with Gasteiger partial charge >= 0.3 is 25.0 Å². The van der Waals surface area contributed by atoms with Gasteiger partial charge in [0.2, 0.25) is 0 Å². The van der Waals surface area contributed by atoms with Crippen LogP contribution in [0.15, 0.2) is 12.7 Å². The zero-order valence-electron chi connectivity index (χ0n) is 7.10. The maximum absolute atomic E-state index is 8.56. The molecule has 0 rings (SSSR count). The smallest absolute Gasteiger partial charge is 0.450 e. The predicted octanol–water partition coefficient (Wildman–Crippen LogP) is -6.34. The Kier molecular flexibility index (Phi) is 25.2. The number of carboxylic acid groups (broad SMARTS) is 2. The predicted molar refractivity (Wildman–Crippen MR) is 26.5 cm³/mol. The second-order valence-electron chi connectivity index (χ2n) is 1.07. The second-order valence-corrected chi connectivity index (χ2v) is 1.82. The summed E-state index contributed by atoms with van der Waals surface area (Å²) in [5.41, 5.74) is 0. The molecule has 0 saturated carbocycles. The molecule has 74 valence electrons. The van der Waals surface area contributed by atoms with E-state index in [2.05, 4.69) is 6.58 Å². The van der Waals surface area contributed by atoms with Crippen LogP contribution in [0.3, 0.4) is 0 Å². The molecule has 0 unspecified atom stereocenters. The third-order valence-corrected chi connectivity index (χ3v) is 0. The Bertz CT molecular complexity index is 112. The Balaban J connectivity index is -0.0000000465. The van der Waals surface area contributed by atoms with Crippen LogP contribution >= 0.6 is 0 Å². The van der Waals surface area contributed by atoms with Crippen molar-refractivity contribution < 1.29 is 62.7 Å². The van der Waals surface area contributed by atoms with Crippen molar-refractivity contribution in [1.82, 2.24) is 0 Å². The number of allylic oxidation sites excluding steroid dienone is 1. The number of halogens is 1. The maximum atomic E-state index is 8.56. The normalized spacial score (nSPS) is 7.46. The fraction of sp³-hybridized carbons (Fsp3) is 0.250. The van der Waals surface area contributed by atoms with E-state index in [1.807, 2.05) is 6.92 Å². The summed E-state index contributed by atoms with van der Waals surface area (Å²) >= 11 is 0. The second kappa shape index (κ2) is 14.3. The minimum absolute atomic E-state index is 0. The molecule has 0 aromatic rings. The zero-order valence-corrected chi connectivity index (χ0v) is 7.85. The summed E-state index contributed by atoms with van der Waals surface area (Å²) in [6.45, 7) is 5.25. The molecule has 9 heteroatoms. The molecule has 0 fully saturated rings. The molecule has 7 nitrogen and oxygen atoms in total. The van der Waals surface area contributed by atoms with E-state index in [4.69, 9.17) is 33.6 Å². The van der Waals surface area contributed by atoms with Gasteiger partial charge in [0.25, 0.3) is 0 Å². The molecular weight excluding hydrogens is 202 g/mol. The molecule has 0 saturated heterocycles.